The van der Waals surface area contributed by atoms with Gasteiger partial charge in [0.05, 0.1) is 22.4 Å². The molecule has 1 aliphatic carbocycles. The second-order valence-corrected chi connectivity index (χ2v) is 8.28. The number of thiazole rings is 1. The van der Waals surface area contributed by atoms with E-state index in [1.807, 2.05) is 36.5 Å². The van der Waals surface area contributed by atoms with E-state index in [0.29, 0.717) is 6.61 Å². The van der Waals surface area contributed by atoms with E-state index < -0.39 is 0 Å². The zero-order valence-corrected chi connectivity index (χ0v) is 16.2. The second-order valence-electron chi connectivity index (χ2n) is 7.25. The average Bonchev–Trinajstić information content (AvgIpc) is 3.34. The summed E-state index contributed by atoms with van der Waals surface area (Å²) in [5, 5.41) is 15.5. The molecule has 1 aliphatic rings. The SMILES string of the molecule is O[C@@H]1CCCCC1Nc1nc2ccc(OCc3ccnc4[nH]ccc34)cc2s1. The van der Waals surface area contributed by atoms with Crippen molar-refractivity contribution >= 4 is 37.7 Å². The summed E-state index contributed by atoms with van der Waals surface area (Å²) in [5.41, 5.74) is 2.92. The maximum atomic E-state index is 10.2. The molecular formula is C21H22N4O2S. The molecule has 28 heavy (non-hydrogen) atoms. The summed E-state index contributed by atoms with van der Waals surface area (Å²) in [4.78, 5) is 12.1. The van der Waals surface area contributed by atoms with Crippen LogP contribution in [0, 0.1) is 0 Å². The maximum absolute atomic E-state index is 10.2. The molecule has 1 unspecified atom stereocenters. The van der Waals surface area contributed by atoms with Crippen molar-refractivity contribution in [1.29, 1.82) is 0 Å². The molecule has 0 radical (unpaired) electrons. The van der Waals surface area contributed by atoms with Crippen LogP contribution >= 0.6 is 11.3 Å². The van der Waals surface area contributed by atoms with Crippen LogP contribution in [0.5, 0.6) is 5.75 Å². The minimum Gasteiger partial charge on any atom is -0.489 e. The predicted molar refractivity (Wildman–Crippen MR) is 112 cm³/mol. The second kappa shape index (κ2) is 7.41. The van der Waals surface area contributed by atoms with Crippen LogP contribution in [0.15, 0.2) is 42.7 Å². The number of nitrogens with zero attached hydrogens (tertiary/aromatic N) is 2. The van der Waals surface area contributed by atoms with E-state index in [0.717, 1.165) is 63.4 Å². The lowest BCUT2D eigenvalue weighted by atomic mass is 9.93. The number of rotatable bonds is 5. The summed E-state index contributed by atoms with van der Waals surface area (Å²) in [6.07, 6.45) is 7.51. The Kier molecular flexibility index (Phi) is 4.62. The summed E-state index contributed by atoms with van der Waals surface area (Å²) in [7, 11) is 0. The number of pyridine rings is 1. The van der Waals surface area contributed by atoms with Crippen LogP contribution in [-0.4, -0.2) is 32.2 Å². The molecule has 3 aromatic heterocycles. The summed E-state index contributed by atoms with van der Waals surface area (Å²) >= 11 is 1.60. The predicted octanol–water partition coefficient (Wildman–Crippen LogP) is 4.47. The number of hydrogen-bond acceptors (Lipinski definition) is 6. The first kappa shape index (κ1) is 17.5. The molecule has 4 aromatic rings. The first-order valence-corrected chi connectivity index (χ1v) is 10.5. The number of H-pyrrole nitrogens is 1. The normalized spacial score (nSPS) is 19.9. The highest BCUT2D eigenvalue weighted by Gasteiger charge is 2.23. The van der Waals surface area contributed by atoms with Crippen LogP contribution in [0.2, 0.25) is 0 Å². The van der Waals surface area contributed by atoms with Crippen LogP contribution in [0.25, 0.3) is 21.3 Å². The molecule has 0 aliphatic heterocycles. The molecule has 0 amide bonds. The van der Waals surface area contributed by atoms with E-state index >= 15 is 0 Å². The molecule has 5 rings (SSSR count). The highest BCUT2D eigenvalue weighted by atomic mass is 32.1. The number of anilines is 1. The summed E-state index contributed by atoms with van der Waals surface area (Å²) in [6.45, 7) is 0.487. The van der Waals surface area contributed by atoms with Crippen LogP contribution in [0.1, 0.15) is 31.2 Å². The highest BCUT2D eigenvalue weighted by molar-refractivity contribution is 7.22. The van der Waals surface area contributed by atoms with Crippen LogP contribution in [0.4, 0.5) is 5.13 Å². The van der Waals surface area contributed by atoms with E-state index in [-0.39, 0.29) is 12.1 Å². The van der Waals surface area contributed by atoms with Gasteiger partial charge in [0.2, 0.25) is 0 Å². The Morgan fingerprint density at radius 2 is 2.14 bits per heavy atom. The Balaban J connectivity index is 1.31. The van der Waals surface area contributed by atoms with Crippen molar-refractivity contribution in [3.05, 3.63) is 48.3 Å². The third kappa shape index (κ3) is 3.43. The number of aliphatic hydroxyl groups is 1. The number of fused-ring (bicyclic) bond motifs is 2. The lowest BCUT2D eigenvalue weighted by Crippen LogP contribution is -2.36. The smallest absolute Gasteiger partial charge is 0.184 e. The monoisotopic (exact) mass is 394 g/mol. The fraction of sp³-hybridized carbons (Fsp3) is 0.333. The Morgan fingerprint density at radius 1 is 1.21 bits per heavy atom. The van der Waals surface area contributed by atoms with E-state index in [1.54, 1.807) is 17.5 Å². The topological polar surface area (TPSA) is 83.1 Å². The van der Waals surface area contributed by atoms with Gasteiger partial charge in [-0.1, -0.05) is 24.2 Å². The maximum Gasteiger partial charge on any atom is 0.184 e. The van der Waals surface area contributed by atoms with Gasteiger partial charge in [0, 0.05) is 23.3 Å². The molecule has 7 heteroatoms. The van der Waals surface area contributed by atoms with Crippen molar-refractivity contribution in [1.82, 2.24) is 15.0 Å². The third-order valence-electron chi connectivity index (χ3n) is 5.34. The fourth-order valence-electron chi connectivity index (χ4n) is 3.80. The van der Waals surface area contributed by atoms with Gasteiger partial charge in [-0.15, -0.1) is 0 Å². The number of aliphatic hydroxyl groups excluding tert-OH is 1. The first-order valence-electron chi connectivity index (χ1n) is 9.65. The average molecular weight is 395 g/mol. The van der Waals surface area contributed by atoms with Crippen molar-refractivity contribution in [2.45, 2.75) is 44.4 Å². The van der Waals surface area contributed by atoms with Gasteiger partial charge in [0.15, 0.2) is 5.13 Å². The van der Waals surface area contributed by atoms with Gasteiger partial charge >= 0.3 is 0 Å². The summed E-state index contributed by atoms with van der Waals surface area (Å²) in [6, 6.07) is 10.1. The van der Waals surface area contributed by atoms with Gasteiger partial charge in [0.1, 0.15) is 18.0 Å². The zero-order valence-electron chi connectivity index (χ0n) is 15.4. The number of benzene rings is 1. The number of aromatic amines is 1. The van der Waals surface area contributed by atoms with Crippen LogP contribution < -0.4 is 10.1 Å². The largest absolute Gasteiger partial charge is 0.489 e. The lowest BCUT2D eigenvalue weighted by Gasteiger charge is -2.27. The van der Waals surface area contributed by atoms with Gasteiger partial charge in [-0.25, -0.2) is 9.97 Å². The number of nitrogens with one attached hydrogen (secondary N) is 2. The van der Waals surface area contributed by atoms with E-state index in [2.05, 4.69) is 20.3 Å². The van der Waals surface area contributed by atoms with Gasteiger partial charge in [-0.3, -0.25) is 0 Å². The fourth-order valence-corrected chi connectivity index (χ4v) is 4.76. The highest BCUT2D eigenvalue weighted by Crippen LogP contribution is 2.32. The van der Waals surface area contributed by atoms with E-state index in [9.17, 15) is 5.11 Å². The first-order chi connectivity index (χ1) is 13.8. The summed E-state index contributed by atoms with van der Waals surface area (Å²) in [5.74, 6) is 0.820. The Labute approximate surface area is 166 Å². The molecule has 1 aromatic carbocycles. The molecule has 3 heterocycles. The number of aromatic nitrogens is 3. The third-order valence-corrected chi connectivity index (χ3v) is 6.29. The summed E-state index contributed by atoms with van der Waals surface area (Å²) < 4.78 is 7.11. The molecule has 2 atom stereocenters. The van der Waals surface area contributed by atoms with Crippen molar-refractivity contribution in [2.24, 2.45) is 0 Å². The van der Waals surface area contributed by atoms with Crippen molar-refractivity contribution in [3.8, 4) is 5.75 Å². The lowest BCUT2D eigenvalue weighted by molar-refractivity contribution is 0.116. The Bertz CT molecular complexity index is 1110. The van der Waals surface area contributed by atoms with Crippen molar-refractivity contribution < 1.29 is 9.84 Å². The van der Waals surface area contributed by atoms with Gasteiger partial charge in [-0.05, 0) is 43.2 Å². The zero-order chi connectivity index (χ0) is 18.9. The molecule has 0 saturated heterocycles. The van der Waals surface area contributed by atoms with Crippen LogP contribution in [0.3, 0.4) is 0 Å². The number of ether oxygens (including phenoxy) is 1. The quantitative estimate of drug-likeness (QED) is 0.465. The van der Waals surface area contributed by atoms with Crippen LogP contribution in [-0.2, 0) is 6.61 Å². The van der Waals surface area contributed by atoms with Gasteiger partial charge in [-0.2, -0.15) is 0 Å². The molecule has 1 fully saturated rings. The molecule has 144 valence electrons. The number of hydrogen-bond donors (Lipinski definition) is 3. The standard InChI is InChI=1S/C21H22N4O2S/c26-18-4-2-1-3-16(18)24-21-25-17-6-5-14(11-19(17)28-21)27-12-13-7-9-22-20-15(13)8-10-23-20/h5-11,16,18,26H,1-4,12H2,(H,22,23)(H,24,25)/t16?,18-/m1/s1. The van der Waals surface area contributed by atoms with E-state index in [4.69, 9.17) is 4.74 Å². The minimum atomic E-state index is -0.287. The molecule has 0 spiro atoms. The Hall–Kier alpha value is -2.64. The molecule has 3 N–H and O–H groups in total. The van der Waals surface area contributed by atoms with Crippen molar-refractivity contribution in [2.75, 3.05) is 5.32 Å². The van der Waals surface area contributed by atoms with Gasteiger partial charge < -0.3 is 20.1 Å². The molecular weight excluding hydrogens is 372 g/mol. The minimum absolute atomic E-state index is 0.0977. The molecule has 6 nitrogen and oxygen atoms in total. The molecule has 1 saturated carbocycles. The Morgan fingerprint density at radius 3 is 3.07 bits per heavy atom. The van der Waals surface area contributed by atoms with Crippen molar-refractivity contribution in [3.63, 3.8) is 0 Å². The van der Waals surface area contributed by atoms with E-state index in [1.165, 1.54) is 0 Å². The van der Waals surface area contributed by atoms with Gasteiger partial charge in [0.25, 0.3) is 0 Å². The molecule has 0 bridgehead atoms.